The van der Waals surface area contributed by atoms with Crippen LogP contribution in [0.25, 0.3) is 27.3 Å². The quantitative estimate of drug-likeness (QED) is 0.338. The van der Waals surface area contributed by atoms with Gasteiger partial charge in [-0.3, -0.25) is 0 Å². The molecule has 0 bridgehead atoms. The van der Waals surface area contributed by atoms with Gasteiger partial charge in [0.05, 0.1) is 10.9 Å². The van der Waals surface area contributed by atoms with Crippen LogP contribution in [0, 0.1) is 5.82 Å². The topological polar surface area (TPSA) is 42.2 Å². The first kappa shape index (κ1) is 16.8. The third kappa shape index (κ3) is 2.38. The monoisotopic (exact) mass is 371 g/mol. The van der Waals surface area contributed by atoms with Gasteiger partial charge in [-0.2, -0.15) is 0 Å². The fourth-order valence-electron chi connectivity index (χ4n) is 4.27. The van der Waals surface area contributed by atoms with Gasteiger partial charge >= 0.3 is 5.63 Å². The van der Waals surface area contributed by atoms with Crippen molar-refractivity contribution in [1.82, 2.24) is 0 Å². The minimum atomic E-state index is -0.413. The van der Waals surface area contributed by atoms with E-state index in [0.29, 0.717) is 21.7 Å². The number of allylic oxidation sites excluding steroid dienone is 1. The minimum absolute atomic E-state index is 0.359. The van der Waals surface area contributed by atoms with Crippen molar-refractivity contribution in [3.8, 4) is 0 Å². The number of fused-ring (bicyclic) bond motifs is 5. The van der Waals surface area contributed by atoms with Crippen molar-refractivity contribution in [2.45, 2.75) is 19.4 Å². The van der Waals surface area contributed by atoms with Crippen molar-refractivity contribution in [3.63, 3.8) is 0 Å². The van der Waals surface area contributed by atoms with Gasteiger partial charge in [-0.05, 0) is 49.2 Å². The predicted molar refractivity (Wildman–Crippen MR) is 111 cm³/mol. The Kier molecular flexibility index (Phi) is 3.47. The highest BCUT2D eigenvalue weighted by Gasteiger charge is 2.31. The highest BCUT2D eigenvalue weighted by Crippen LogP contribution is 2.42. The van der Waals surface area contributed by atoms with Crippen molar-refractivity contribution in [2.75, 3.05) is 5.32 Å². The average molecular weight is 371 g/mol. The molecule has 0 saturated carbocycles. The molecular formula is C24H18FNO2. The molecule has 1 aliphatic heterocycles. The fourth-order valence-corrected chi connectivity index (χ4v) is 4.27. The Bertz CT molecular complexity index is 1340. The fraction of sp³-hybridized carbons (Fsp3) is 0.125. The number of nitrogens with one attached hydrogen (secondary N) is 1. The molecular weight excluding hydrogens is 353 g/mol. The lowest BCUT2D eigenvalue weighted by molar-refractivity contribution is 0.566. The van der Waals surface area contributed by atoms with E-state index in [9.17, 15) is 9.18 Å². The molecule has 0 saturated heterocycles. The van der Waals surface area contributed by atoms with Crippen molar-refractivity contribution < 1.29 is 8.81 Å². The number of anilines is 1. The summed E-state index contributed by atoms with van der Waals surface area (Å²) in [5.41, 5.74) is 3.37. The average Bonchev–Trinajstić information content (AvgIpc) is 2.69. The Morgan fingerprint density at radius 3 is 2.57 bits per heavy atom. The van der Waals surface area contributed by atoms with Gasteiger partial charge in [0.1, 0.15) is 11.4 Å². The standard InChI is InChI=1S/C24H18FNO2/c1-14-13-24(2,15-6-4-3-5-7-15)26-19-10-9-17-18-12-16(25)8-11-20(18)28-23(27)22(17)21(14)19/h3-13,26H,1-2H3. The van der Waals surface area contributed by atoms with Crippen LogP contribution in [0.3, 0.4) is 0 Å². The van der Waals surface area contributed by atoms with Crippen molar-refractivity contribution >= 4 is 33.0 Å². The van der Waals surface area contributed by atoms with Crippen LogP contribution < -0.4 is 10.9 Å². The van der Waals surface area contributed by atoms with E-state index >= 15 is 0 Å². The van der Waals surface area contributed by atoms with Crippen LogP contribution in [0.1, 0.15) is 25.0 Å². The van der Waals surface area contributed by atoms with E-state index in [1.807, 2.05) is 37.3 Å². The molecule has 1 aliphatic rings. The summed E-state index contributed by atoms with van der Waals surface area (Å²) >= 11 is 0. The van der Waals surface area contributed by atoms with Gasteiger partial charge in [0.15, 0.2) is 0 Å². The molecule has 0 amide bonds. The van der Waals surface area contributed by atoms with Gasteiger partial charge in [-0.25, -0.2) is 9.18 Å². The molecule has 1 atom stereocenters. The lowest BCUT2D eigenvalue weighted by Gasteiger charge is -2.35. The molecule has 4 heteroatoms. The summed E-state index contributed by atoms with van der Waals surface area (Å²) in [6.45, 7) is 4.10. The zero-order chi connectivity index (χ0) is 19.5. The molecule has 5 rings (SSSR count). The highest BCUT2D eigenvalue weighted by atomic mass is 19.1. The molecule has 0 radical (unpaired) electrons. The molecule has 0 aliphatic carbocycles. The molecule has 4 aromatic rings. The molecule has 28 heavy (non-hydrogen) atoms. The second-order valence-corrected chi connectivity index (χ2v) is 7.46. The first-order valence-electron chi connectivity index (χ1n) is 9.19. The van der Waals surface area contributed by atoms with Crippen molar-refractivity contribution in [3.05, 3.63) is 94.1 Å². The van der Waals surface area contributed by atoms with E-state index in [4.69, 9.17) is 4.42 Å². The summed E-state index contributed by atoms with van der Waals surface area (Å²) in [4.78, 5) is 12.8. The van der Waals surface area contributed by atoms with Crippen LogP contribution >= 0.6 is 0 Å². The smallest absolute Gasteiger partial charge is 0.344 e. The maximum Gasteiger partial charge on any atom is 0.344 e. The van der Waals surface area contributed by atoms with Crippen LogP contribution in [0.2, 0.25) is 0 Å². The molecule has 138 valence electrons. The first-order valence-corrected chi connectivity index (χ1v) is 9.19. The predicted octanol–water partition coefficient (Wildman–Crippen LogP) is 5.83. The number of halogens is 1. The summed E-state index contributed by atoms with van der Waals surface area (Å²) in [5, 5.41) is 5.34. The highest BCUT2D eigenvalue weighted by molar-refractivity contribution is 6.10. The maximum absolute atomic E-state index is 13.8. The maximum atomic E-state index is 13.8. The van der Waals surface area contributed by atoms with Gasteiger partial charge < -0.3 is 9.73 Å². The third-order valence-corrected chi connectivity index (χ3v) is 5.51. The van der Waals surface area contributed by atoms with E-state index in [1.165, 1.54) is 18.2 Å². The molecule has 3 nitrogen and oxygen atoms in total. The second kappa shape index (κ2) is 5.80. The largest absolute Gasteiger partial charge is 0.422 e. The lowest BCUT2D eigenvalue weighted by atomic mass is 9.83. The Labute approximate surface area is 161 Å². The summed E-state index contributed by atoms with van der Waals surface area (Å²) in [6, 6.07) is 18.2. The van der Waals surface area contributed by atoms with Crippen LogP contribution in [-0.2, 0) is 5.54 Å². The van der Waals surface area contributed by atoms with Gasteiger partial charge in [0.2, 0.25) is 0 Å². The summed E-state index contributed by atoms with van der Waals surface area (Å²) < 4.78 is 19.3. The molecule has 1 N–H and O–H groups in total. The third-order valence-electron chi connectivity index (χ3n) is 5.51. The number of benzene rings is 3. The van der Waals surface area contributed by atoms with Crippen LogP contribution in [0.5, 0.6) is 0 Å². The van der Waals surface area contributed by atoms with E-state index < -0.39 is 11.2 Å². The van der Waals surface area contributed by atoms with E-state index in [2.05, 4.69) is 30.4 Å². The van der Waals surface area contributed by atoms with Gasteiger partial charge in [-0.1, -0.05) is 42.5 Å². The van der Waals surface area contributed by atoms with Crippen molar-refractivity contribution in [2.24, 2.45) is 0 Å². The van der Waals surface area contributed by atoms with Gasteiger partial charge in [0, 0.05) is 22.0 Å². The Morgan fingerprint density at radius 1 is 1.00 bits per heavy atom. The van der Waals surface area contributed by atoms with Crippen LogP contribution in [-0.4, -0.2) is 0 Å². The summed E-state index contributed by atoms with van der Waals surface area (Å²) in [7, 11) is 0. The van der Waals surface area contributed by atoms with E-state index in [1.54, 1.807) is 0 Å². The van der Waals surface area contributed by atoms with Gasteiger partial charge in [-0.15, -0.1) is 0 Å². The lowest BCUT2D eigenvalue weighted by Crippen LogP contribution is -2.32. The Balaban J connectivity index is 1.81. The van der Waals surface area contributed by atoms with Crippen LogP contribution in [0.4, 0.5) is 10.1 Å². The molecule has 0 fully saturated rings. The molecule has 2 heterocycles. The van der Waals surface area contributed by atoms with E-state index in [-0.39, 0.29) is 5.82 Å². The zero-order valence-electron chi connectivity index (χ0n) is 15.5. The number of hydrogen-bond donors (Lipinski definition) is 1. The first-order chi connectivity index (χ1) is 13.5. The van der Waals surface area contributed by atoms with Crippen molar-refractivity contribution in [1.29, 1.82) is 0 Å². The zero-order valence-corrected chi connectivity index (χ0v) is 15.5. The molecule has 1 aromatic heterocycles. The van der Waals surface area contributed by atoms with Gasteiger partial charge in [0.25, 0.3) is 0 Å². The molecule has 0 spiro atoms. The normalized spacial score (nSPS) is 18.6. The molecule has 1 unspecified atom stereocenters. The number of rotatable bonds is 1. The Morgan fingerprint density at radius 2 is 1.79 bits per heavy atom. The van der Waals surface area contributed by atoms with Crippen LogP contribution in [0.15, 0.2) is 76.0 Å². The van der Waals surface area contributed by atoms with E-state index in [0.717, 1.165) is 22.4 Å². The second-order valence-electron chi connectivity index (χ2n) is 7.46. The Hall–Kier alpha value is -3.40. The summed E-state index contributed by atoms with van der Waals surface area (Å²) in [5.74, 6) is -0.359. The molecule has 3 aromatic carbocycles. The SMILES string of the molecule is CC1=CC(C)(c2ccccc2)Nc2ccc3c(c21)c(=O)oc1ccc(F)cc13. The number of hydrogen-bond acceptors (Lipinski definition) is 3. The minimum Gasteiger partial charge on any atom is -0.422 e. The summed E-state index contributed by atoms with van der Waals surface area (Å²) in [6.07, 6.45) is 2.12.